The van der Waals surface area contributed by atoms with Crippen LogP contribution in [0.1, 0.15) is 17.5 Å². The lowest BCUT2D eigenvalue weighted by molar-refractivity contribution is 0.605. The summed E-state index contributed by atoms with van der Waals surface area (Å²) in [6.45, 7) is 0. The summed E-state index contributed by atoms with van der Waals surface area (Å²) in [5.41, 5.74) is 8.15. The lowest BCUT2D eigenvalue weighted by atomic mass is 10.0. The van der Waals surface area contributed by atoms with Crippen LogP contribution < -0.4 is 5.73 Å². The molecule has 19 heavy (non-hydrogen) atoms. The highest BCUT2D eigenvalue weighted by molar-refractivity contribution is 6.31. The Morgan fingerprint density at radius 1 is 1.47 bits per heavy atom. The van der Waals surface area contributed by atoms with E-state index in [0.717, 1.165) is 18.4 Å². The van der Waals surface area contributed by atoms with Gasteiger partial charge < -0.3 is 5.73 Å². The van der Waals surface area contributed by atoms with Crippen molar-refractivity contribution in [2.45, 2.75) is 25.3 Å². The largest absolute Gasteiger partial charge is 0.327 e. The van der Waals surface area contributed by atoms with Crippen LogP contribution in [0.4, 0.5) is 4.39 Å². The number of aryl methyl sites for hydroxylation is 2. The van der Waals surface area contributed by atoms with E-state index in [9.17, 15) is 4.39 Å². The van der Waals surface area contributed by atoms with Gasteiger partial charge >= 0.3 is 0 Å². The molecule has 102 valence electrons. The Morgan fingerprint density at radius 3 is 2.89 bits per heavy atom. The molecule has 0 bridgehead atoms. The summed E-state index contributed by atoms with van der Waals surface area (Å²) in [5.74, 6) is -0.322. The lowest BCUT2D eigenvalue weighted by Gasteiger charge is -2.12. The van der Waals surface area contributed by atoms with Crippen molar-refractivity contribution in [3.05, 3.63) is 52.6 Å². The van der Waals surface area contributed by atoms with Crippen LogP contribution in [0.25, 0.3) is 0 Å². The zero-order valence-electron chi connectivity index (χ0n) is 10.8. The summed E-state index contributed by atoms with van der Waals surface area (Å²) in [4.78, 5) is 0. The third-order valence-corrected chi connectivity index (χ3v) is 3.41. The predicted octanol–water partition coefficient (Wildman–Crippen LogP) is 2.72. The SMILES string of the molecule is Cn1cc(CCC(N)Cc2ccc(F)cc2Cl)cn1. The molecule has 2 N–H and O–H groups in total. The van der Waals surface area contributed by atoms with Crippen LogP contribution in [0.5, 0.6) is 0 Å². The molecule has 3 nitrogen and oxygen atoms in total. The number of rotatable bonds is 5. The Labute approximate surface area is 117 Å². The molecular formula is C14H17ClFN3. The molecule has 1 atom stereocenters. The number of aromatic nitrogens is 2. The number of nitrogens with zero attached hydrogens (tertiary/aromatic N) is 2. The molecule has 1 unspecified atom stereocenters. The fraction of sp³-hybridized carbons (Fsp3) is 0.357. The standard InChI is InChI=1S/C14H17ClFN3/c1-19-9-10(8-18-19)2-5-13(17)6-11-3-4-12(16)7-14(11)15/h3-4,7-9,13H,2,5-6,17H2,1H3. The van der Waals surface area contributed by atoms with Gasteiger partial charge in [-0.05, 0) is 42.5 Å². The fourth-order valence-corrected chi connectivity index (χ4v) is 2.27. The smallest absolute Gasteiger partial charge is 0.124 e. The zero-order valence-corrected chi connectivity index (χ0v) is 11.6. The summed E-state index contributed by atoms with van der Waals surface area (Å²) in [6, 6.07) is 4.43. The minimum absolute atomic E-state index is 0.00293. The first-order chi connectivity index (χ1) is 9.04. The highest BCUT2D eigenvalue weighted by atomic mass is 35.5. The van der Waals surface area contributed by atoms with Gasteiger partial charge in [-0.3, -0.25) is 4.68 Å². The molecule has 0 saturated heterocycles. The Kier molecular flexibility index (Phi) is 4.56. The maximum atomic E-state index is 12.9. The first-order valence-corrected chi connectivity index (χ1v) is 6.59. The lowest BCUT2D eigenvalue weighted by Crippen LogP contribution is -2.23. The summed E-state index contributed by atoms with van der Waals surface area (Å²) < 4.78 is 14.7. The predicted molar refractivity (Wildman–Crippen MR) is 74.6 cm³/mol. The summed E-state index contributed by atoms with van der Waals surface area (Å²) >= 11 is 5.99. The highest BCUT2D eigenvalue weighted by Crippen LogP contribution is 2.19. The van der Waals surface area contributed by atoms with E-state index in [1.165, 1.54) is 17.7 Å². The Balaban J connectivity index is 1.88. The van der Waals surface area contributed by atoms with Crippen molar-refractivity contribution < 1.29 is 4.39 Å². The maximum absolute atomic E-state index is 12.9. The van der Waals surface area contributed by atoms with Crippen molar-refractivity contribution in [3.63, 3.8) is 0 Å². The number of halogens is 2. The molecule has 1 heterocycles. The van der Waals surface area contributed by atoms with Crippen molar-refractivity contribution in [1.82, 2.24) is 9.78 Å². The molecule has 0 aliphatic rings. The van der Waals surface area contributed by atoms with E-state index in [0.29, 0.717) is 11.4 Å². The van der Waals surface area contributed by atoms with Crippen molar-refractivity contribution in [2.24, 2.45) is 12.8 Å². The zero-order chi connectivity index (χ0) is 13.8. The highest BCUT2D eigenvalue weighted by Gasteiger charge is 2.09. The van der Waals surface area contributed by atoms with Crippen LogP contribution >= 0.6 is 11.6 Å². The van der Waals surface area contributed by atoms with Crippen LogP contribution in [0, 0.1) is 5.82 Å². The van der Waals surface area contributed by atoms with E-state index < -0.39 is 0 Å². The first-order valence-electron chi connectivity index (χ1n) is 6.21. The van der Waals surface area contributed by atoms with Gasteiger partial charge in [0, 0.05) is 24.3 Å². The number of hydrogen-bond donors (Lipinski definition) is 1. The third-order valence-electron chi connectivity index (χ3n) is 3.06. The monoisotopic (exact) mass is 281 g/mol. The van der Waals surface area contributed by atoms with Crippen LogP contribution in [0.15, 0.2) is 30.6 Å². The number of hydrogen-bond acceptors (Lipinski definition) is 2. The van der Waals surface area contributed by atoms with Gasteiger partial charge in [-0.1, -0.05) is 17.7 Å². The number of benzene rings is 1. The van der Waals surface area contributed by atoms with Crippen LogP contribution in [-0.2, 0) is 19.9 Å². The first kappa shape index (κ1) is 14.0. The van der Waals surface area contributed by atoms with E-state index in [1.54, 1.807) is 10.7 Å². The van der Waals surface area contributed by atoms with Gasteiger partial charge in [-0.15, -0.1) is 0 Å². The van der Waals surface area contributed by atoms with Gasteiger partial charge in [0.25, 0.3) is 0 Å². The molecule has 0 spiro atoms. The van der Waals surface area contributed by atoms with Crippen molar-refractivity contribution in [1.29, 1.82) is 0 Å². The van der Waals surface area contributed by atoms with Crippen molar-refractivity contribution in [2.75, 3.05) is 0 Å². The topological polar surface area (TPSA) is 43.8 Å². The normalized spacial score (nSPS) is 12.6. The van der Waals surface area contributed by atoms with Crippen LogP contribution in [0.3, 0.4) is 0 Å². The minimum Gasteiger partial charge on any atom is -0.327 e. The van der Waals surface area contributed by atoms with E-state index in [4.69, 9.17) is 17.3 Å². The molecule has 0 aliphatic carbocycles. The fourth-order valence-electron chi connectivity index (χ4n) is 2.02. The van der Waals surface area contributed by atoms with Gasteiger partial charge in [0.1, 0.15) is 5.82 Å². The molecule has 0 fully saturated rings. The van der Waals surface area contributed by atoms with Gasteiger partial charge in [-0.2, -0.15) is 5.10 Å². The molecule has 1 aromatic carbocycles. The molecule has 5 heteroatoms. The van der Waals surface area contributed by atoms with Gasteiger partial charge in [0.2, 0.25) is 0 Å². The van der Waals surface area contributed by atoms with E-state index in [1.807, 2.05) is 19.4 Å². The Morgan fingerprint density at radius 2 is 2.26 bits per heavy atom. The molecule has 0 amide bonds. The quantitative estimate of drug-likeness (QED) is 0.916. The van der Waals surface area contributed by atoms with Gasteiger partial charge in [0.05, 0.1) is 6.20 Å². The molecular weight excluding hydrogens is 265 g/mol. The summed E-state index contributed by atoms with van der Waals surface area (Å²) in [6.07, 6.45) is 6.21. The molecule has 0 aliphatic heterocycles. The minimum atomic E-state index is -0.322. The van der Waals surface area contributed by atoms with Crippen LogP contribution in [0.2, 0.25) is 5.02 Å². The summed E-state index contributed by atoms with van der Waals surface area (Å²) in [7, 11) is 1.89. The Hall–Kier alpha value is -1.39. The second-order valence-corrected chi connectivity index (χ2v) is 5.17. The van der Waals surface area contributed by atoms with Crippen molar-refractivity contribution >= 4 is 11.6 Å². The van der Waals surface area contributed by atoms with Gasteiger partial charge in [-0.25, -0.2) is 4.39 Å². The molecule has 0 saturated carbocycles. The average Bonchev–Trinajstić information content (AvgIpc) is 2.76. The molecule has 0 radical (unpaired) electrons. The molecule has 2 aromatic rings. The molecule has 1 aromatic heterocycles. The van der Waals surface area contributed by atoms with Gasteiger partial charge in [0.15, 0.2) is 0 Å². The third kappa shape index (κ3) is 4.04. The van der Waals surface area contributed by atoms with Crippen molar-refractivity contribution in [3.8, 4) is 0 Å². The molecule has 2 rings (SSSR count). The second-order valence-electron chi connectivity index (χ2n) is 4.76. The maximum Gasteiger partial charge on any atom is 0.124 e. The van der Waals surface area contributed by atoms with E-state index in [2.05, 4.69) is 5.10 Å². The average molecular weight is 282 g/mol. The number of nitrogens with two attached hydrogens (primary N) is 1. The Bertz CT molecular complexity index is 553. The van der Waals surface area contributed by atoms with E-state index in [-0.39, 0.29) is 11.9 Å². The second kappa shape index (κ2) is 6.17. The summed E-state index contributed by atoms with van der Waals surface area (Å²) in [5, 5.41) is 4.56. The van der Waals surface area contributed by atoms with Crippen LogP contribution in [-0.4, -0.2) is 15.8 Å². The van der Waals surface area contributed by atoms with E-state index >= 15 is 0 Å².